The van der Waals surface area contributed by atoms with Gasteiger partial charge in [0.15, 0.2) is 9.84 Å². The lowest BCUT2D eigenvalue weighted by Crippen LogP contribution is -2.49. The van der Waals surface area contributed by atoms with Crippen molar-refractivity contribution < 1.29 is 16.8 Å². The van der Waals surface area contributed by atoms with E-state index in [0.717, 1.165) is 11.8 Å². The zero-order chi connectivity index (χ0) is 24.7. The van der Waals surface area contributed by atoms with Crippen molar-refractivity contribution in [2.45, 2.75) is 23.1 Å². The van der Waals surface area contributed by atoms with Crippen molar-refractivity contribution in [2.24, 2.45) is 7.05 Å². The molecule has 3 aromatic rings. The molecule has 1 aromatic heterocycles. The van der Waals surface area contributed by atoms with E-state index < -0.39 is 19.9 Å². The maximum absolute atomic E-state index is 12.9. The summed E-state index contributed by atoms with van der Waals surface area (Å²) >= 11 is 0. The van der Waals surface area contributed by atoms with E-state index in [-0.39, 0.29) is 15.8 Å². The van der Waals surface area contributed by atoms with Gasteiger partial charge in [-0.05, 0) is 37.3 Å². The average Bonchev–Trinajstić information content (AvgIpc) is 2.80. The third-order valence-electron chi connectivity index (χ3n) is 6.21. The van der Waals surface area contributed by atoms with Crippen molar-refractivity contribution >= 4 is 30.8 Å². The lowest BCUT2D eigenvalue weighted by molar-refractivity contribution is 0.189. The van der Waals surface area contributed by atoms with Crippen molar-refractivity contribution in [1.29, 1.82) is 0 Å². The molecule has 0 atom stereocenters. The summed E-state index contributed by atoms with van der Waals surface area (Å²) in [5, 5.41) is 0.268. The molecule has 0 aliphatic carbocycles. The van der Waals surface area contributed by atoms with Crippen molar-refractivity contribution in [3.8, 4) is 0 Å². The zero-order valence-electron chi connectivity index (χ0n) is 19.4. The normalized spacial score (nSPS) is 16.2. The van der Waals surface area contributed by atoms with Gasteiger partial charge < -0.3 is 4.90 Å². The summed E-state index contributed by atoms with van der Waals surface area (Å²) in [7, 11) is -5.31. The lowest BCUT2D eigenvalue weighted by Gasteiger charge is -2.34. The quantitative estimate of drug-likeness (QED) is 0.496. The summed E-state index contributed by atoms with van der Waals surface area (Å²) in [4.78, 5) is 20.0. The first-order valence-electron chi connectivity index (χ1n) is 11.0. The zero-order valence-corrected chi connectivity index (χ0v) is 21.1. The molecule has 2 aromatic carbocycles. The average molecular weight is 505 g/mol. The molecule has 34 heavy (non-hydrogen) atoms. The molecular formula is C23H28N4O5S2. The topological polar surface area (TPSA) is 110 Å². The van der Waals surface area contributed by atoms with E-state index in [0.29, 0.717) is 55.4 Å². The molecule has 0 amide bonds. The molecule has 0 unspecified atom stereocenters. The number of sulfonamides is 1. The van der Waals surface area contributed by atoms with Crippen molar-refractivity contribution in [2.75, 3.05) is 39.0 Å². The minimum Gasteiger partial charge on any atom is -0.300 e. The first-order chi connectivity index (χ1) is 16.0. The fourth-order valence-electron chi connectivity index (χ4n) is 4.06. The third-order valence-corrected chi connectivity index (χ3v) is 9.23. The maximum atomic E-state index is 12.9. The van der Waals surface area contributed by atoms with Crippen LogP contribution in [0.1, 0.15) is 11.4 Å². The van der Waals surface area contributed by atoms with Crippen molar-refractivity contribution in [3.05, 3.63) is 64.2 Å². The van der Waals surface area contributed by atoms with Gasteiger partial charge in [0.1, 0.15) is 5.82 Å². The van der Waals surface area contributed by atoms with E-state index >= 15 is 0 Å². The molecule has 11 heteroatoms. The lowest BCUT2D eigenvalue weighted by atomic mass is 10.2. The number of piperazine rings is 1. The van der Waals surface area contributed by atoms with Gasteiger partial charge in [0, 0.05) is 52.4 Å². The van der Waals surface area contributed by atoms with Gasteiger partial charge >= 0.3 is 0 Å². The first-order valence-corrected chi connectivity index (χ1v) is 14.3. The molecule has 0 spiro atoms. The number of benzene rings is 2. The molecular weight excluding hydrogens is 476 g/mol. The Bertz CT molecular complexity index is 1490. The van der Waals surface area contributed by atoms with E-state index in [1.807, 2.05) is 6.92 Å². The standard InChI is InChI=1S/C23H28N4O5S2/c1-17-4-6-18(7-5-17)34(31,32)27-14-12-26(13-15-27)11-10-22-24-21-9-8-19(33(3,29)30)16-20(21)23(28)25(22)2/h4-9,16H,10-15H2,1-3H3. The number of hydrogen-bond donors (Lipinski definition) is 0. The molecule has 182 valence electrons. The van der Waals surface area contributed by atoms with Gasteiger partial charge in [-0.3, -0.25) is 9.36 Å². The minimum absolute atomic E-state index is 0.0881. The largest absolute Gasteiger partial charge is 0.300 e. The number of nitrogens with zero attached hydrogens (tertiary/aromatic N) is 4. The predicted molar refractivity (Wildman–Crippen MR) is 130 cm³/mol. The summed E-state index contributed by atoms with van der Waals surface area (Å²) in [5.74, 6) is 0.597. The molecule has 1 saturated heterocycles. The number of fused-ring (bicyclic) bond motifs is 1. The highest BCUT2D eigenvalue weighted by molar-refractivity contribution is 7.90. The van der Waals surface area contributed by atoms with Crippen LogP contribution in [-0.2, 0) is 33.3 Å². The Balaban J connectivity index is 1.43. The molecule has 0 bridgehead atoms. The van der Waals surface area contributed by atoms with Gasteiger partial charge in [-0.15, -0.1) is 0 Å². The summed E-state index contributed by atoms with van der Waals surface area (Å²) in [6.07, 6.45) is 1.62. The van der Waals surface area contributed by atoms with Gasteiger partial charge in [-0.1, -0.05) is 17.7 Å². The number of sulfone groups is 1. The van der Waals surface area contributed by atoms with Gasteiger partial charge in [0.05, 0.1) is 20.7 Å². The Hall–Kier alpha value is -2.60. The van der Waals surface area contributed by atoms with Gasteiger partial charge in [-0.2, -0.15) is 4.31 Å². The first kappa shape index (κ1) is 24.5. The molecule has 0 radical (unpaired) electrons. The SMILES string of the molecule is Cc1ccc(S(=O)(=O)N2CCN(CCc3nc4ccc(S(C)(=O)=O)cc4c(=O)n3C)CC2)cc1. The molecule has 0 saturated carbocycles. The van der Waals surface area contributed by atoms with Gasteiger partial charge in [0.25, 0.3) is 5.56 Å². The molecule has 0 N–H and O–H groups in total. The fraction of sp³-hybridized carbons (Fsp3) is 0.391. The number of rotatable bonds is 6. The summed E-state index contributed by atoms with van der Waals surface area (Å²) < 4.78 is 52.4. The van der Waals surface area contributed by atoms with Crippen LogP contribution < -0.4 is 5.56 Å². The summed E-state index contributed by atoms with van der Waals surface area (Å²) in [5.41, 5.74) is 1.18. The molecule has 2 heterocycles. The molecule has 4 rings (SSSR count). The van der Waals surface area contributed by atoms with Crippen LogP contribution in [0.2, 0.25) is 0 Å². The van der Waals surface area contributed by atoms with Crippen LogP contribution in [0, 0.1) is 6.92 Å². The Morgan fingerprint density at radius 3 is 2.15 bits per heavy atom. The molecule has 9 nitrogen and oxygen atoms in total. The second-order valence-corrected chi connectivity index (χ2v) is 12.6. The summed E-state index contributed by atoms with van der Waals surface area (Å²) in [6, 6.07) is 11.3. The highest BCUT2D eigenvalue weighted by atomic mass is 32.2. The van der Waals surface area contributed by atoms with Crippen LogP contribution in [0.4, 0.5) is 0 Å². The Kier molecular flexibility index (Phi) is 6.65. The maximum Gasteiger partial charge on any atom is 0.261 e. The Morgan fingerprint density at radius 2 is 1.53 bits per heavy atom. The Morgan fingerprint density at radius 1 is 0.912 bits per heavy atom. The minimum atomic E-state index is -3.51. The van der Waals surface area contributed by atoms with E-state index in [4.69, 9.17) is 0 Å². The number of hydrogen-bond acceptors (Lipinski definition) is 7. The van der Waals surface area contributed by atoms with Crippen molar-refractivity contribution in [3.63, 3.8) is 0 Å². The van der Waals surface area contributed by atoms with E-state index in [1.54, 1.807) is 37.4 Å². The highest BCUT2D eigenvalue weighted by Gasteiger charge is 2.28. The Labute approximate surface area is 199 Å². The molecule has 1 aliphatic rings. The number of aromatic nitrogens is 2. The van der Waals surface area contributed by atoms with E-state index in [1.165, 1.54) is 21.0 Å². The van der Waals surface area contributed by atoms with E-state index in [2.05, 4.69) is 9.88 Å². The van der Waals surface area contributed by atoms with Crippen LogP contribution in [0.15, 0.2) is 57.1 Å². The molecule has 1 aliphatic heterocycles. The fourth-order valence-corrected chi connectivity index (χ4v) is 6.13. The number of aryl methyl sites for hydroxylation is 1. The van der Waals surface area contributed by atoms with Crippen LogP contribution in [0.3, 0.4) is 0 Å². The molecule has 1 fully saturated rings. The van der Waals surface area contributed by atoms with Crippen LogP contribution in [0.25, 0.3) is 10.9 Å². The van der Waals surface area contributed by atoms with Gasteiger partial charge in [-0.25, -0.2) is 21.8 Å². The van der Waals surface area contributed by atoms with Crippen LogP contribution >= 0.6 is 0 Å². The van der Waals surface area contributed by atoms with E-state index in [9.17, 15) is 21.6 Å². The second-order valence-electron chi connectivity index (χ2n) is 8.65. The van der Waals surface area contributed by atoms with Crippen molar-refractivity contribution in [1.82, 2.24) is 18.8 Å². The third kappa shape index (κ3) is 4.92. The van der Waals surface area contributed by atoms with Gasteiger partial charge in [0.2, 0.25) is 10.0 Å². The summed E-state index contributed by atoms with van der Waals surface area (Å²) in [6.45, 7) is 4.52. The highest BCUT2D eigenvalue weighted by Crippen LogP contribution is 2.19. The second kappa shape index (κ2) is 9.21. The van der Waals surface area contributed by atoms with Crippen LogP contribution in [0.5, 0.6) is 0 Å². The predicted octanol–water partition coefficient (Wildman–Crippen LogP) is 1.19. The smallest absolute Gasteiger partial charge is 0.261 e. The van der Waals surface area contributed by atoms with Crippen LogP contribution in [-0.4, -0.2) is 74.6 Å². The monoisotopic (exact) mass is 504 g/mol.